The summed E-state index contributed by atoms with van der Waals surface area (Å²) in [5.74, 6) is 3.18. The number of hydrogen-bond donors (Lipinski definition) is 0. The van der Waals surface area contributed by atoms with Crippen molar-refractivity contribution in [3.05, 3.63) is 59.7 Å². The van der Waals surface area contributed by atoms with Crippen LogP contribution >= 0.6 is 17.2 Å². The van der Waals surface area contributed by atoms with E-state index in [4.69, 9.17) is 27.1 Å². The lowest BCUT2D eigenvalue weighted by atomic mass is 9.60. The van der Waals surface area contributed by atoms with E-state index in [1.165, 1.54) is 358 Å². The average molecular weight is 1360 g/mol. The zero-order valence-electron chi connectivity index (χ0n) is 64.0. The van der Waals surface area contributed by atoms with Crippen molar-refractivity contribution in [2.45, 2.75) is 452 Å². The first-order chi connectivity index (χ1) is 46.8. The summed E-state index contributed by atoms with van der Waals surface area (Å²) in [4.78, 5) is 0. The Kier molecular flexibility index (Phi) is 55.7. The second-order valence-electron chi connectivity index (χ2n) is 31.0. The van der Waals surface area contributed by atoms with Crippen LogP contribution in [0.15, 0.2) is 48.5 Å². The van der Waals surface area contributed by atoms with E-state index >= 15 is 0 Å². The number of unbranched alkanes of at least 4 members (excludes halogenated alkanes) is 48. The van der Waals surface area contributed by atoms with E-state index in [0.717, 1.165) is 62.9 Å². The van der Waals surface area contributed by atoms with Gasteiger partial charge >= 0.3 is 17.2 Å². The molecule has 0 aliphatic heterocycles. The standard InChI is InChI=1S/C87H158O6P2/c1-7-11-15-19-23-27-31-35-39-43-47-51-55-61-79-63-59-65-85(77-79)92-94(88-75-57-53-49-45-41-37-33-29-25-21-17-13-9-3)90-83-71-67-81(68-72-83)87(5,6)82-69-73-84(74-70-82)91-95(89-76-58-54-50-46-42-38-34-30-26-22-18-14-10-4)93-86-66-60-64-80(78-86)62-56-52-48-44-40-36-32-28-24-20-16-12-8-2/h59-60,63-66,77-78,81-84H,7-58,61-62,67-76H2,1-6H3. The second-order valence-corrected chi connectivity index (χ2v) is 33.2. The van der Waals surface area contributed by atoms with Gasteiger partial charge in [0.05, 0.1) is 25.4 Å². The van der Waals surface area contributed by atoms with Gasteiger partial charge in [-0.25, -0.2) is 0 Å². The summed E-state index contributed by atoms with van der Waals surface area (Å²) >= 11 is 0. The molecule has 2 aliphatic rings. The zero-order valence-corrected chi connectivity index (χ0v) is 65.8. The Labute approximate surface area is 594 Å². The number of benzene rings is 2. The van der Waals surface area contributed by atoms with Gasteiger partial charge in [-0.05, 0) is 143 Å². The molecule has 0 amide bonds. The van der Waals surface area contributed by atoms with Gasteiger partial charge in [0, 0.05) is 0 Å². The van der Waals surface area contributed by atoms with Gasteiger partial charge < -0.3 is 18.1 Å². The van der Waals surface area contributed by atoms with E-state index in [-0.39, 0.29) is 17.6 Å². The molecule has 0 aromatic heterocycles. The van der Waals surface area contributed by atoms with Crippen LogP contribution in [0.5, 0.6) is 11.5 Å². The van der Waals surface area contributed by atoms with Crippen molar-refractivity contribution in [1.29, 1.82) is 0 Å². The minimum atomic E-state index is -1.48. The summed E-state index contributed by atoms with van der Waals surface area (Å²) in [5, 5.41) is 0. The minimum Gasteiger partial charge on any atom is -0.427 e. The Balaban J connectivity index is 1.23. The Morgan fingerprint density at radius 3 is 0.779 bits per heavy atom. The summed E-state index contributed by atoms with van der Waals surface area (Å²) in [6.45, 7) is 15.8. The highest BCUT2D eigenvalue weighted by Crippen LogP contribution is 2.53. The monoisotopic (exact) mass is 1360 g/mol. The van der Waals surface area contributed by atoms with Crippen molar-refractivity contribution in [3.8, 4) is 11.5 Å². The van der Waals surface area contributed by atoms with Crippen LogP contribution in [0.3, 0.4) is 0 Å². The Bertz CT molecular complexity index is 1810. The van der Waals surface area contributed by atoms with Crippen molar-refractivity contribution in [3.63, 3.8) is 0 Å². The van der Waals surface area contributed by atoms with Crippen LogP contribution in [-0.4, -0.2) is 25.4 Å². The van der Waals surface area contributed by atoms with Crippen molar-refractivity contribution < 1.29 is 27.1 Å². The highest BCUT2D eigenvalue weighted by molar-refractivity contribution is 7.42. The van der Waals surface area contributed by atoms with Crippen molar-refractivity contribution in [2.24, 2.45) is 17.3 Å². The molecule has 4 rings (SSSR count). The maximum absolute atomic E-state index is 6.95. The highest BCUT2D eigenvalue weighted by Gasteiger charge is 2.42. The summed E-state index contributed by atoms with van der Waals surface area (Å²) in [5.41, 5.74) is 3.01. The molecule has 0 radical (unpaired) electrons. The first kappa shape index (κ1) is 86.1. The van der Waals surface area contributed by atoms with Gasteiger partial charge in [0.2, 0.25) is 0 Å². The van der Waals surface area contributed by atoms with Crippen LogP contribution in [0, 0.1) is 17.3 Å². The van der Waals surface area contributed by atoms with Gasteiger partial charge in [-0.2, -0.15) is 0 Å². The first-order valence-corrected chi connectivity index (χ1v) is 44.8. The van der Waals surface area contributed by atoms with Crippen LogP contribution in [0.4, 0.5) is 0 Å². The van der Waals surface area contributed by atoms with Crippen LogP contribution in [-0.2, 0) is 30.9 Å². The molecule has 0 N–H and O–H groups in total. The molecule has 2 aliphatic carbocycles. The fourth-order valence-electron chi connectivity index (χ4n) is 15.5. The fourth-order valence-corrected chi connectivity index (χ4v) is 17.8. The van der Waals surface area contributed by atoms with Gasteiger partial charge in [0.25, 0.3) is 0 Å². The second kappa shape index (κ2) is 61.4. The largest absolute Gasteiger partial charge is 0.427 e. The molecule has 8 heteroatoms. The van der Waals surface area contributed by atoms with Crippen molar-refractivity contribution in [1.82, 2.24) is 0 Å². The van der Waals surface area contributed by atoms with E-state index < -0.39 is 17.2 Å². The van der Waals surface area contributed by atoms with Crippen LogP contribution in [0.1, 0.15) is 438 Å². The van der Waals surface area contributed by atoms with Gasteiger partial charge in [0.15, 0.2) is 0 Å². The van der Waals surface area contributed by atoms with E-state index in [9.17, 15) is 0 Å². The fraction of sp³-hybridized carbons (Fsp3) is 0.862. The maximum Gasteiger partial charge on any atom is 0.397 e. The topological polar surface area (TPSA) is 55.4 Å². The predicted molar refractivity (Wildman–Crippen MR) is 418 cm³/mol. The summed E-state index contributed by atoms with van der Waals surface area (Å²) in [7, 11) is -2.97. The molecule has 2 aromatic carbocycles. The van der Waals surface area contributed by atoms with Crippen LogP contribution in [0.25, 0.3) is 0 Å². The third-order valence-electron chi connectivity index (χ3n) is 22.1. The highest BCUT2D eigenvalue weighted by atomic mass is 31.2. The van der Waals surface area contributed by atoms with Crippen molar-refractivity contribution >= 4 is 17.2 Å². The lowest BCUT2D eigenvalue weighted by Crippen LogP contribution is -2.38. The smallest absolute Gasteiger partial charge is 0.397 e. The molecule has 0 bridgehead atoms. The molecule has 0 heterocycles. The van der Waals surface area contributed by atoms with Gasteiger partial charge in [-0.3, -0.25) is 9.05 Å². The molecule has 0 spiro atoms. The SMILES string of the molecule is CCCCCCCCCCCCCCCOP(Oc1cccc(CCCCCCCCCCCCCCC)c1)OC1CCC(C(C)(C)C2CCC(OP(OCCCCCCCCCCCCCCC)Oc3cccc(CCCCCCCCCCCCCCC)c3)CC2)CC1. The third-order valence-corrected chi connectivity index (χ3v) is 24.6. The molecule has 2 aromatic rings. The molecule has 6 nitrogen and oxygen atoms in total. The van der Waals surface area contributed by atoms with E-state index in [1.807, 2.05) is 0 Å². The summed E-state index contributed by atoms with van der Waals surface area (Å²) in [6, 6.07) is 17.7. The number of aryl methyl sites for hydroxylation is 2. The minimum absolute atomic E-state index is 0.178. The average Bonchev–Trinajstić information content (AvgIpc) is 0.911. The molecule has 552 valence electrons. The Morgan fingerprint density at radius 2 is 0.526 bits per heavy atom. The normalized spacial score (nSPS) is 17.6. The van der Waals surface area contributed by atoms with Crippen LogP contribution in [0.2, 0.25) is 0 Å². The van der Waals surface area contributed by atoms with Gasteiger partial charge in [0.1, 0.15) is 11.5 Å². The van der Waals surface area contributed by atoms with Crippen molar-refractivity contribution in [2.75, 3.05) is 13.2 Å². The van der Waals surface area contributed by atoms with E-state index in [0.29, 0.717) is 25.0 Å². The van der Waals surface area contributed by atoms with Gasteiger partial charge in [-0.15, -0.1) is 0 Å². The maximum atomic E-state index is 6.95. The first-order valence-electron chi connectivity index (χ1n) is 42.6. The van der Waals surface area contributed by atoms with Crippen LogP contribution < -0.4 is 9.05 Å². The molecule has 2 fully saturated rings. The Hall–Kier alpha value is -1.26. The molecule has 2 unspecified atom stereocenters. The molecule has 0 saturated heterocycles. The molecule has 2 atom stereocenters. The molecule has 2 saturated carbocycles. The quantitative estimate of drug-likeness (QED) is 0.0486. The lowest BCUT2D eigenvalue weighted by Gasteiger charge is -2.46. The third kappa shape index (κ3) is 46.1. The number of hydrogen-bond acceptors (Lipinski definition) is 6. The van der Waals surface area contributed by atoms with E-state index in [1.54, 1.807) is 0 Å². The lowest BCUT2D eigenvalue weighted by molar-refractivity contribution is 0.00601. The summed E-state index contributed by atoms with van der Waals surface area (Å²) in [6.07, 6.45) is 82.9. The number of rotatable bonds is 68. The predicted octanol–water partition coefficient (Wildman–Crippen LogP) is 31.3. The van der Waals surface area contributed by atoms with E-state index in [2.05, 4.69) is 90.1 Å². The summed E-state index contributed by atoms with van der Waals surface area (Å²) < 4.78 is 40.7. The Morgan fingerprint density at radius 1 is 0.295 bits per heavy atom. The molecular weight excluding hydrogens is 1200 g/mol. The van der Waals surface area contributed by atoms with Gasteiger partial charge in [-0.1, -0.05) is 374 Å². The molecular formula is C87H158O6P2. The zero-order chi connectivity index (χ0) is 67.4. The molecule has 95 heavy (non-hydrogen) atoms.